The van der Waals surface area contributed by atoms with Crippen LogP contribution in [0.4, 0.5) is 15.8 Å². The van der Waals surface area contributed by atoms with Crippen LogP contribution in [0.3, 0.4) is 0 Å². The normalized spacial score (nSPS) is 14.7. The van der Waals surface area contributed by atoms with Gasteiger partial charge in [-0.15, -0.1) is 0 Å². The summed E-state index contributed by atoms with van der Waals surface area (Å²) in [5, 5.41) is 9.79. The van der Waals surface area contributed by atoms with E-state index in [4.69, 9.17) is 0 Å². The summed E-state index contributed by atoms with van der Waals surface area (Å²) in [6.45, 7) is 4.80. The third-order valence-electron chi connectivity index (χ3n) is 5.88. The van der Waals surface area contributed by atoms with Crippen molar-refractivity contribution in [1.82, 2.24) is 4.90 Å². The fraction of sp³-hybridized carbons (Fsp3) is 0.240. The Balaban J connectivity index is 1.47. The standard InChI is InChI=1S/C25H26FN3O4S/c1-18-6-9-21(10-7-18)34(32,33)27-20-8-11-24(22(16-20)25(30)31)29-14-12-28(13-15-29)17-19-4-2-3-5-23(19)26/h2-11,16,27H,12-15,17H2,1H3,(H,30,31). The lowest BCUT2D eigenvalue weighted by atomic mass is 10.1. The summed E-state index contributed by atoms with van der Waals surface area (Å²) in [6.07, 6.45) is 0. The van der Waals surface area contributed by atoms with Crippen LogP contribution < -0.4 is 9.62 Å². The maximum atomic E-state index is 14.0. The second-order valence-electron chi connectivity index (χ2n) is 8.31. The number of carbonyl (C=O) groups is 1. The summed E-state index contributed by atoms with van der Waals surface area (Å²) in [5.74, 6) is -1.37. The van der Waals surface area contributed by atoms with Gasteiger partial charge in [0.2, 0.25) is 0 Å². The Hall–Kier alpha value is -3.43. The number of aryl methyl sites for hydroxylation is 1. The molecule has 0 spiro atoms. The van der Waals surface area contributed by atoms with E-state index in [1.807, 2.05) is 17.9 Å². The van der Waals surface area contributed by atoms with Crippen LogP contribution in [0.25, 0.3) is 0 Å². The number of carboxylic acids is 1. The molecule has 1 fully saturated rings. The van der Waals surface area contributed by atoms with Gasteiger partial charge in [-0.1, -0.05) is 35.9 Å². The number of halogens is 1. The van der Waals surface area contributed by atoms with Gasteiger partial charge >= 0.3 is 5.97 Å². The van der Waals surface area contributed by atoms with E-state index in [1.165, 1.54) is 24.3 Å². The Kier molecular flexibility index (Phi) is 6.85. The molecular weight excluding hydrogens is 457 g/mol. The van der Waals surface area contributed by atoms with E-state index >= 15 is 0 Å². The fourth-order valence-electron chi connectivity index (χ4n) is 3.99. The molecule has 1 heterocycles. The minimum atomic E-state index is -3.84. The summed E-state index contributed by atoms with van der Waals surface area (Å²) in [4.78, 5) is 16.2. The topological polar surface area (TPSA) is 90.0 Å². The Morgan fingerprint density at radius 2 is 1.68 bits per heavy atom. The molecule has 9 heteroatoms. The van der Waals surface area contributed by atoms with Crippen molar-refractivity contribution in [2.24, 2.45) is 0 Å². The largest absolute Gasteiger partial charge is 0.478 e. The third kappa shape index (κ3) is 5.37. The zero-order chi connectivity index (χ0) is 24.3. The fourth-order valence-corrected chi connectivity index (χ4v) is 5.04. The van der Waals surface area contributed by atoms with Gasteiger partial charge in [0.05, 0.1) is 16.1 Å². The molecular formula is C25H26FN3O4S. The van der Waals surface area contributed by atoms with E-state index in [2.05, 4.69) is 9.62 Å². The molecule has 0 bridgehead atoms. The molecule has 1 saturated heterocycles. The molecule has 0 saturated carbocycles. The second-order valence-corrected chi connectivity index (χ2v) is 9.99. The summed E-state index contributed by atoms with van der Waals surface area (Å²) in [6, 6.07) is 17.6. The number of anilines is 2. The van der Waals surface area contributed by atoms with Crippen molar-refractivity contribution in [3.05, 3.63) is 89.2 Å². The molecule has 0 atom stereocenters. The van der Waals surface area contributed by atoms with Crippen molar-refractivity contribution in [1.29, 1.82) is 0 Å². The average Bonchev–Trinajstić information content (AvgIpc) is 2.81. The van der Waals surface area contributed by atoms with Crippen molar-refractivity contribution in [3.8, 4) is 0 Å². The van der Waals surface area contributed by atoms with Gasteiger partial charge in [0, 0.05) is 44.0 Å². The number of rotatable bonds is 7. The maximum absolute atomic E-state index is 14.0. The number of nitrogens with zero attached hydrogens (tertiary/aromatic N) is 2. The quantitative estimate of drug-likeness (QED) is 0.529. The maximum Gasteiger partial charge on any atom is 0.337 e. The van der Waals surface area contributed by atoms with E-state index in [9.17, 15) is 22.7 Å². The highest BCUT2D eigenvalue weighted by Crippen LogP contribution is 2.27. The number of benzene rings is 3. The number of hydrogen-bond donors (Lipinski definition) is 2. The lowest BCUT2D eigenvalue weighted by Gasteiger charge is -2.36. The number of carboxylic acid groups (broad SMARTS) is 1. The number of aromatic carboxylic acids is 1. The summed E-state index contributed by atoms with van der Waals surface area (Å²) < 4.78 is 41.8. The van der Waals surface area contributed by atoms with E-state index in [0.29, 0.717) is 44.0 Å². The van der Waals surface area contributed by atoms with E-state index < -0.39 is 16.0 Å². The SMILES string of the molecule is Cc1ccc(S(=O)(=O)Nc2ccc(N3CCN(Cc4ccccc4F)CC3)c(C(=O)O)c2)cc1. The van der Waals surface area contributed by atoms with Crippen molar-refractivity contribution in [2.75, 3.05) is 35.8 Å². The molecule has 4 rings (SSSR count). The lowest BCUT2D eigenvalue weighted by Crippen LogP contribution is -2.46. The molecule has 3 aromatic carbocycles. The number of nitrogens with one attached hydrogen (secondary N) is 1. The van der Waals surface area contributed by atoms with E-state index in [1.54, 1.807) is 36.4 Å². The van der Waals surface area contributed by atoms with Gasteiger partial charge in [0.15, 0.2) is 0 Å². The first-order valence-corrected chi connectivity index (χ1v) is 12.4. The Labute approximate surface area is 198 Å². The average molecular weight is 484 g/mol. The van der Waals surface area contributed by atoms with Gasteiger partial charge in [-0.25, -0.2) is 17.6 Å². The monoisotopic (exact) mass is 483 g/mol. The molecule has 0 aliphatic carbocycles. The Bertz CT molecular complexity index is 1290. The number of hydrogen-bond acceptors (Lipinski definition) is 5. The minimum Gasteiger partial charge on any atom is -0.478 e. The van der Waals surface area contributed by atoms with Crippen LogP contribution in [-0.4, -0.2) is 50.6 Å². The van der Waals surface area contributed by atoms with Gasteiger partial charge in [-0.3, -0.25) is 9.62 Å². The third-order valence-corrected chi connectivity index (χ3v) is 7.27. The first-order chi connectivity index (χ1) is 16.2. The molecule has 0 unspecified atom stereocenters. The van der Waals surface area contributed by atoms with Crippen LogP contribution in [-0.2, 0) is 16.6 Å². The predicted octanol–water partition coefficient (Wildman–Crippen LogP) is 3.96. The van der Waals surface area contributed by atoms with Crippen LogP contribution >= 0.6 is 0 Å². The van der Waals surface area contributed by atoms with Crippen LogP contribution in [0.1, 0.15) is 21.5 Å². The first kappa shape index (κ1) is 23.7. The highest BCUT2D eigenvalue weighted by atomic mass is 32.2. The molecule has 2 N–H and O–H groups in total. The molecule has 0 amide bonds. The summed E-state index contributed by atoms with van der Waals surface area (Å²) >= 11 is 0. The number of sulfonamides is 1. The van der Waals surface area contributed by atoms with Crippen LogP contribution in [0.5, 0.6) is 0 Å². The highest BCUT2D eigenvalue weighted by Gasteiger charge is 2.23. The molecule has 1 aliphatic rings. The molecule has 34 heavy (non-hydrogen) atoms. The molecule has 3 aromatic rings. The zero-order valence-corrected chi connectivity index (χ0v) is 19.6. The van der Waals surface area contributed by atoms with Gasteiger partial charge in [-0.05, 0) is 43.3 Å². The molecule has 178 valence electrons. The minimum absolute atomic E-state index is 0.0201. The van der Waals surface area contributed by atoms with Crippen LogP contribution in [0.2, 0.25) is 0 Å². The number of piperazine rings is 1. The Morgan fingerprint density at radius 3 is 2.32 bits per heavy atom. The first-order valence-electron chi connectivity index (χ1n) is 10.9. The molecule has 1 aliphatic heterocycles. The van der Waals surface area contributed by atoms with Crippen molar-refractivity contribution in [2.45, 2.75) is 18.4 Å². The second kappa shape index (κ2) is 9.82. The summed E-state index contributed by atoms with van der Waals surface area (Å²) in [5.41, 5.74) is 2.29. The molecule has 0 aromatic heterocycles. The molecule has 7 nitrogen and oxygen atoms in total. The van der Waals surface area contributed by atoms with Crippen molar-refractivity contribution in [3.63, 3.8) is 0 Å². The van der Waals surface area contributed by atoms with Gasteiger partial charge < -0.3 is 10.0 Å². The smallest absolute Gasteiger partial charge is 0.337 e. The Morgan fingerprint density at radius 1 is 1.00 bits per heavy atom. The van der Waals surface area contributed by atoms with Gasteiger partial charge in [-0.2, -0.15) is 0 Å². The van der Waals surface area contributed by atoms with Crippen molar-refractivity contribution >= 4 is 27.4 Å². The predicted molar refractivity (Wildman–Crippen MR) is 129 cm³/mol. The highest BCUT2D eigenvalue weighted by molar-refractivity contribution is 7.92. The molecule has 0 radical (unpaired) electrons. The van der Waals surface area contributed by atoms with E-state index in [0.717, 1.165) is 5.56 Å². The lowest BCUT2D eigenvalue weighted by molar-refractivity contribution is 0.0697. The van der Waals surface area contributed by atoms with Crippen LogP contribution in [0, 0.1) is 12.7 Å². The van der Waals surface area contributed by atoms with Crippen molar-refractivity contribution < 1.29 is 22.7 Å². The van der Waals surface area contributed by atoms with E-state index in [-0.39, 0.29) is 22.0 Å². The van der Waals surface area contributed by atoms with Crippen LogP contribution in [0.15, 0.2) is 71.6 Å². The zero-order valence-electron chi connectivity index (χ0n) is 18.7. The van der Waals surface area contributed by atoms with Gasteiger partial charge in [0.1, 0.15) is 5.82 Å². The van der Waals surface area contributed by atoms with Gasteiger partial charge in [0.25, 0.3) is 10.0 Å². The summed E-state index contributed by atoms with van der Waals surface area (Å²) in [7, 11) is -3.84.